The fraction of sp³-hybridized carbons (Fsp3) is 0.636. The standard InChI is InChI=1S/C42H61FN2O9.C35H55FN2O9/c1-27(2)23-32(45(13)39(50)54-41(7,8)9)37(48)53-34(24-29-19-21-31(22-20-29)40(4,5)6)35(46)44(12)33(25-42(10,11)43)38(49)52-28(3)36(47)51-26-30-17-15-14-16-18-30;1-21(2)18-25(38(13)32(44)47-34(7,8)9)30(42)46-27(19-23-14-16-24(17-15-23)33(4,5)6)28(39)37(12)26(20-35(10,11)36)31(43)45-22(3)29(40)41/h14-22,27-28,32-34H,23-26H2,1-13H3;14-17,21-22,25-27H,18-20H2,1-13H3,(H,40,41)/t28-,32+,33?,34-;22-,25+,26+,27-/m11/s1. The van der Waals surface area contributed by atoms with Gasteiger partial charge in [0.15, 0.2) is 24.4 Å². The fourth-order valence-corrected chi connectivity index (χ4v) is 10.0. The van der Waals surface area contributed by atoms with E-state index in [4.69, 9.17) is 33.2 Å². The molecule has 0 aliphatic carbocycles. The first-order valence-corrected chi connectivity index (χ1v) is 34.3. The Hall–Kier alpha value is -8.18. The fourth-order valence-electron chi connectivity index (χ4n) is 10.0. The highest BCUT2D eigenvalue weighted by Crippen LogP contribution is 2.29. The summed E-state index contributed by atoms with van der Waals surface area (Å²) in [5.41, 5.74) is -1.75. The van der Waals surface area contributed by atoms with Crippen LogP contribution in [0, 0.1) is 11.8 Å². The Labute approximate surface area is 598 Å². The largest absolute Gasteiger partial charge is 0.479 e. The van der Waals surface area contributed by atoms with Gasteiger partial charge in [0.05, 0.1) is 0 Å². The Kier molecular flexibility index (Phi) is 33.1. The van der Waals surface area contributed by atoms with Gasteiger partial charge in [0.2, 0.25) is 0 Å². The van der Waals surface area contributed by atoms with E-state index in [1.165, 1.54) is 62.8 Å². The number of halogens is 2. The summed E-state index contributed by atoms with van der Waals surface area (Å²) in [6.07, 6.45) is -8.19. The van der Waals surface area contributed by atoms with Gasteiger partial charge in [0.25, 0.3) is 11.8 Å². The lowest BCUT2D eigenvalue weighted by Gasteiger charge is -2.34. The molecule has 0 spiro atoms. The van der Waals surface area contributed by atoms with Crippen LogP contribution in [-0.2, 0) is 102 Å². The maximum Gasteiger partial charge on any atom is 0.410 e. The number of rotatable bonds is 30. The lowest BCUT2D eigenvalue weighted by atomic mass is 9.86. The highest BCUT2D eigenvalue weighted by atomic mass is 19.1. The Morgan fingerprint density at radius 3 is 1.01 bits per heavy atom. The van der Waals surface area contributed by atoms with Crippen molar-refractivity contribution in [3.63, 3.8) is 0 Å². The van der Waals surface area contributed by atoms with Crippen LogP contribution < -0.4 is 0 Å². The zero-order valence-corrected chi connectivity index (χ0v) is 64.7. The van der Waals surface area contributed by atoms with Crippen molar-refractivity contribution < 1.29 is 95.0 Å². The molecule has 24 heteroatoms. The third-order valence-electron chi connectivity index (χ3n) is 15.8. The predicted molar refractivity (Wildman–Crippen MR) is 380 cm³/mol. The van der Waals surface area contributed by atoms with Crippen molar-refractivity contribution >= 4 is 59.8 Å². The monoisotopic (exact) mass is 1420 g/mol. The van der Waals surface area contributed by atoms with Crippen LogP contribution in [0.25, 0.3) is 0 Å². The van der Waals surface area contributed by atoms with Gasteiger partial charge in [-0.25, -0.2) is 47.1 Å². The number of aliphatic carboxylic acids is 1. The maximum atomic E-state index is 15.3. The van der Waals surface area contributed by atoms with Gasteiger partial charge in [0, 0.05) is 53.9 Å². The number of amides is 4. The number of nitrogens with zero attached hydrogens (tertiary/aromatic N) is 4. The third kappa shape index (κ3) is 31.7. The molecule has 3 aromatic rings. The zero-order valence-electron chi connectivity index (χ0n) is 64.7. The molecule has 0 saturated carbocycles. The molecule has 0 aliphatic heterocycles. The van der Waals surface area contributed by atoms with Crippen LogP contribution in [0.1, 0.15) is 206 Å². The lowest BCUT2D eigenvalue weighted by molar-refractivity contribution is -0.175. The molecular formula is C77H116F2N4O18. The van der Waals surface area contributed by atoms with E-state index in [9.17, 15) is 57.4 Å². The van der Waals surface area contributed by atoms with E-state index < -0.39 is 144 Å². The average molecular weight is 1420 g/mol. The molecule has 1 unspecified atom stereocenters. The van der Waals surface area contributed by atoms with E-state index in [1.807, 2.05) is 70.2 Å². The van der Waals surface area contributed by atoms with Crippen molar-refractivity contribution in [2.24, 2.45) is 11.8 Å². The average Bonchev–Trinajstić information content (AvgIpc) is 0.824. The van der Waals surface area contributed by atoms with Crippen molar-refractivity contribution in [1.82, 2.24) is 19.6 Å². The van der Waals surface area contributed by atoms with Gasteiger partial charge >= 0.3 is 48.0 Å². The number of ether oxygens (including phenoxy) is 7. The summed E-state index contributed by atoms with van der Waals surface area (Å²) in [5.74, 6) is -7.87. The molecule has 101 heavy (non-hydrogen) atoms. The number of benzene rings is 3. The number of likely N-dealkylation sites (N-methyl/N-ethyl adjacent to an activating group) is 4. The van der Waals surface area contributed by atoms with E-state index in [1.54, 1.807) is 77.9 Å². The number of carboxylic acids is 1. The van der Waals surface area contributed by atoms with Crippen LogP contribution in [0.3, 0.4) is 0 Å². The SMILES string of the molecule is CC(C)C[C@@H](C(=O)O[C@H](Cc1ccc(C(C)(C)C)cc1)C(=O)N(C)C(CC(C)(C)F)C(=O)O[C@H](C)C(=O)OCc1ccccc1)N(C)C(=O)OC(C)(C)C.CC(C)C[C@@H](C(=O)O[C@H](Cc1ccc(C(C)(C)C)cc1)C(=O)N(C)[C@@H](CC(C)(C)F)C(=O)O[C@H](C)C(=O)O)N(C)C(=O)OC(C)(C)C. The summed E-state index contributed by atoms with van der Waals surface area (Å²) >= 11 is 0. The molecule has 0 aliphatic rings. The van der Waals surface area contributed by atoms with Crippen molar-refractivity contribution in [3.05, 3.63) is 107 Å². The van der Waals surface area contributed by atoms with Crippen molar-refractivity contribution in [2.45, 2.75) is 279 Å². The molecule has 0 saturated heterocycles. The minimum Gasteiger partial charge on any atom is -0.479 e. The Balaban J connectivity index is 0.000000694. The highest BCUT2D eigenvalue weighted by Gasteiger charge is 2.44. The third-order valence-corrected chi connectivity index (χ3v) is 15.8. The zero-order chi connectivity index (χ0) is 77.8. The van der Waals surface area contributed by atoms with Crippen LogP contribution in [0.5, 0.6) is 0 Å². The van der Waals surface area contributed by atoms with Gasteiger partial charge in [-0.15, -0.1) is 0 Å². The summed E-state index contributed by atoms with van der Waals surface area (Å²) in [7, 11) is 5.38. The van der Waals surface area contributed by atoms with Crippen LogP contribution >= 0.6 is 0 Å². The summed E-state index contributed by atoms with van der Waals surface area (Å²) in [5, 5.41) is 9.25. The predicted octanol–water partition coefficient (Wildman–Crippen LogP) is 13.1. The second-order valence-electron chi connectivity index (χ2n) is 32.0. The minimum atomic E-state index is -1.96. The first-order valence-electron chi connectivity index (χ1n) is 34.3. The Morgan fingerprint density at radius 1 is 0.406 bits per heavy atom. The molecule has 22 nitrogen and oxygen atoms in total. The van der Waals surface area contributed by atoms with Gasteiger partial charge in [-0.05, 0) is 146 Å². The van der Waals surface area contributed by atoms with E-state index in [2.05, 4.69) is 41.5 Å². The molecule has 0 fully saturated rings. The maximum absolute atomic E-state index is 15.3. The molecule has 0 bridgehead atoms. The minimum absolute atomic E-state index is 0.0500. The molecular weight excluding hydrogens is 1310 g/mol. The van der Waals surface area contributed by atoms with Gasteiger partial charge < -0.3 is 48.1 Å². The second kappa shape index (κ2) is 37.7. The molecule has 3 aromatic carbocycles. The molecule has 4 amide bonds. The van der Waals surface area contributed by atoms with Crippen LogP contribution in [0.4, 0.5) is 18.4 Å². The summed E-state index contributed by atoms with van der Waals surface area (Å²) in [6.45, 7) is 37.4. The number of hydrogen-bond donors (Lipinski definition) is 1. The van der Waals surface area contributed by atoms with E-state index >= 15 is 4.39 Å². The highest BCUT2D eigenvalue weighted by molar-refractivity contribution is 5.92. The number of alkyl halides is 2. The normalized spacial score (nSPS) is 14.5. The van der Waals surface area contributed by atoms with Gasteiger partial charge in [-0.1, -0.05) is 148 Å². The Morgan fingerprint density at radius 2 is 0.723 bits per heavy atom. The molecule has 8 atom stereocenters. The first kappa shape index (κ1) is 88.9. The number of carboxylic acid groups (broad SMARTS) is 1. The smallest absolute Gasteiger partial charge is 0.410 e. The van der Waals surface area contributed by atoms with Crippen LogP contribution in [0.15, 0.2) is 78.9 Å². The molecule has 566 valence electrons. The molecule has 1 N–H and O–H groups in total. The summed E-state index contributed by atoms with van der Waals surface area (Å²) in [4.78, 5) is 137. The van der Waals surface area contributed by atoms with Crippen molar-refractivity contribution in [3.8, 4) is 0 Å². The quantitative estimate of drug-likeness (QED) is 0.0480. The second-order valence-corrected chi connectivity index (χ2v) is 32.0. The molecule has 3 rings (SSSR count). The van der Waals surface area contributed by atoms with Gasteiger partial charge in [-0.3, -0.25) is 19.4 Å². The molecule has 0 aromatic heterocycles. The van der Waals surface area contributed by atoms with Crippen molar-refractivity contribution in [1.29, 1.82) is 0 Å². The molecule has 0 heterocycles. The Bertz CT molecular complexity index is 3230. The summed E-state index contributed by atoms with van der Waals surface area (Å²) in [6, 6.07) is 18.6. The van der Waals surface area contributed by atoms with Gasteiger partial charge in [0.1, 0.15) is 53.3 Å². The number of hydrogen-bond acceptors (Lipinski definition) is 17. The van der Waals surface area contributed by atoms with Crippen LogP contribution in [0.2, 0.25) is 0 Å². The summed E-state index contributed by atoms with van der Waals surface area (Å²) < 4.78 is 68.7. The van der Waals surface area contributed by atoms with Crippen molar-refractivity contribution in [2.75, 3.05) is 28.2 Å². The molecule has 0 radical (unpaired) electrons. The van der Waals surface area contributed by atoms with E-state index in [0.717, 1.165) is 43.2 Å². The number of carbonyl (C=O) groups excluding carboxylic acids is 9. The number of carbonyl (C=O) groups is 10. The van der Waals surface area contributed by atoms with E-state index in [0.29, 0.717) is 11.1 Å². The van der Waals surface area contributed by atoms with Gasteiger partial charge in [-0.2, -0.15) is 0 Å². The van der Waals surface area contributed by atoms with E-state index in [-0.39, 0.29) is 55.0 Å². The first-order chi connectivity index (χ1) is 46.0. The van der Waals surface area contributed by atoms with Crippen LogP contribution in [-0.4, -0.2) is 184 Å². The topological polar surface area (TPSA) is 268 Å². The number of esters is 5. The lowest BCUT2D eigenvalue weighted by Crippen LogP contribution is -2.53.